The van der Waals surface area contributed by atoms with Gasteiger partial charge in [-0.2, -0.15) is 0 Å². The Bertz CT molecular complexity index is 703. The van der Waals surface area contributed by atoms with E-state index in [1.807, 2.05) is 0 Å². The molecule has 0 atom stereocenters. The molecule has 4 nitrogen and oxygen atoms in total. The Morgan fingerprint density at radius 1 is 1.14 bits per heavy atom. The number of nitrogens with zero attached hydrogens (tertiary/aromatic N) is 1. The van der Waals surface area contributed by atoms with Crippen LogP contribution in [0.5, 0.6) is 0 Å². The summed E-state index contributed by atoms with van der Waals surface area (Å²) in [6.45, 7) is 0. The second kappa shape index (κ2) is 6.56. The molecule has 2 N–H and O–H groups in total. The van der Waals surface area contributed by atoms with Crippen LogP contribution in [-0.2, 0) is 4.84 Å². The lowest BCUT2D eigenvalue weighted by atomic mass is 10.2. The van der Waals surface area contributed by atoms with Crippen molar-refractivity contribution in [2.75, 3.05) is 0 Å². The van der Waals surface area contributed by atoms with Gasteiger partial charge in [-0.15, -0.1) is 0 Å². The molecule has 0 heterocycles. The van der Waals surface area contributed by atoms with Gasteiger partial charge < -0.3 is 10.6 Å². The summed E-state index contributed by atoms with van der Waals surface area (Å²) in [5.41, 5.74) is 6.12. The maximum atomic E-state index is 12.8. The van der Waals surface area contributed by atoms with Gasteiger partial charge >= 0.3 is 5.97 Å². The van der Waals surface area contributed by atoms with E-state index in [9.17, 15) is 9.18 Å². The molecule has 0 aliphatic rings. The van der Waals surface area contributed by atoms with Gasteiger partial charge in [0.15, 0.2) is 5.84 Å². The van der Waals surface area contributed by atoms with Gasteiger partial charge in [0, 0.05) is 5.56 Å². The van der Waals surface area contributed by atoms with Gasteiger partial charge in [0.2, 0.25) is 0 Å². The minimum absolute atomic E-state index is 0.0681. The van der Waals surface area contributed by atoms with Gasteiger partial charge in [0.05, 0.1) is 15.6 Å². The van der Waals surface area contributed by atoms with Crippen LogP contribution in [0.4, 0.5) is 4.39 Å². The highest BCUT2D eigenvalue weighted by Crippen LogP contribution is 2.26. The SMILES string of the molecule is N/C(=N\OC(=O)c1cccc(Cl)c1Cl)c1ccc(F)cc1. The number of amidine groups is 1. The summed E-state index contributed by atoms with van der Waals surface area (Å²) in [4.78, 5) is 16.5. The third kappa shape index (κ3) is 3.71. The number of rotatable bonds is 3. The van der Waals surface area contributed by atoms with E-state index in [0.717, 1.165) is 0 Å². The molecule has 2 aromatic carbocycles. The van der Waals surface area contributed by atoms with E-state index in [4.69, 9.17) is 33.8 Å². The van der Waals surface area contributed by atoms with E-state index in [1.54, 1.807) is 6.07 Å². The van der Waals surface area contributed by atoms with Crippen LogP contribution in [0.2, 0.25) is 10.0 Å². The first-order chi connectivity index (χ1) is 9.99. The Balaban J connectivity index is 2.14. The molecule has 2 aromatic rings. The van der Waals surface area contributed by atoms with Gasteiger partial charge in [-0.05, 0) is 36.4 Å². The Morgan fingerprint density at radius 3 is 2.48 bits per heavy atom. The van der Waals surface area contributed by atoms with E-state index in [-0.39, 0.29) is 21.4 Å². The summed E-state index contributed by atoms with van der Waals surface area (Å²) in [5.74, 6) is -1.27. The Labute approximate surface area is 129 Å². The maximum Gasteiger partial charge on any atom is 0.367 e. The van der Waals surface area contributed by atoms with Crippen molar-refractivity contribution in [3.63, 3.8) is 0 Å². The van der Waals surface area contributed by atoms with Crippen molar-refractivity contribution >= 4 is 35.0 Å². The molecule has 0 saturated heterocycles. The predicted molar refractivity (Wildman–Crippen MR) is 79.0 cm³/mol. The lowest BCUT2D eigenvalue weighted by Crippen LogP contribution is -2.15. The van der Waals surface area contributed by atoms with Crippen LogP contribution in [0.1, 0.15) is 15.9 Å². The number of benzene rings is 2. The molecule has 0 fully saturated rings. The molecular weight excluding hydrogens is 318 g/mol. The molecule has 0 aliphatic heterocycles. The Kier molecular flexibility index (Phi) is 4.77. The van der Waals surface area contributed by atoms with Crippen LogP contribution in [-0.4, -0.2) is 11.8 Å². The molecule has 0 aliphatic carbocycles. The van der Waals surface area contributed by atoms with E-state index in [1.165, 1.54) is 36.4 Å². The molecule has 0 bridgehead atoms. The summed E-state index contributed by atoms with van der Waals surface area (Å²) in [5, 5.41) is 3.78. The van der Waals surface area contributed by atoms with Gasteiger partial charge in [-0.3, -0.25) is 0 Å². The average Bonchev–Trinajstić information content (AvgIpc) is 2.48. The molecule has 0 aromatic heterocycles. The summed E-state index contributed by atoms with van der Waals surface area (Å²) >= 11 is 11.7. The number of nitrogens with two attached hydrogens (primary N) is 1. The van der Waals surface area contributed by atoms with Crippen LogP contribution in [0.15, 0.2) is 47.6 Å². The molecule has 108 valence electrons. The van der Waals surface area contributed by atoms with E-state index < -0.39 is 11.8 Å². The molecule has 7 heteroatoms. The fourth-order valence-corrected chi connectivity index (χ4v) is 1.85. The highest BCUT2D eigenvalue weighted by molar-refractivity contribution is 6.43. The summed E-state index contributed by atoms with van der Waals surface area (Å²) < 4.78 is 12.8. The molecule has 2 rings (SSSR count). The first-order valence-corrected chi connectivity index (χ1v) is 6.49. The number of oxime groups is 1. The second-order valence-electron chi connectivity index (χ2n) is 3.96. The summed E-state index contributed by atoms with van der Waals surface area (Å²) in [6.07, 6.45) is 0. The van der Waals surface area contributed by atoms with Gasteiger partial charge in [0.1, 0.15) is 5.82 Å². The normalized spacial score (nSPS) is 11.3. The zero-order valence-electron chi connectivity index (χ0n) is 10.5. The molecule has 0 spiro atoms. The number of carbonyl (C=O) groups is 1. The quantitative estimate of drug-likeness (QED) is 0.405. The molecular formula is C14H9Cl2FN2O2. The second-order valence-corrected chi connectivity index (χ2v) is 4.75. The lowest BCUT2D eigenvalue weighted by molar-refractivity contribution is 0.0516. The number of halogens is 3. The van der Waals surface area contributed by atoms with Crippen molar-refractivity contribution in [2.45, 2.75) is 0 Å². The molecule has 0 saturated carbocycles. The molecule has 21 heavy (non-hydrogen) atoms. The fraction of sp³-hybridized carbons (Fsp3) is 0. The molecule has 0 unspecified atom stereocenters. The third-order valence-electron chi connectivity index (χ3n) is 2.54. The highest BCUT2D eigenvalue weighted by atomic mass is 35.5. The Morgan fingerprint density at radius 2 is 1.81 bits per heavy atom. The first kappa shape index (κ1) is 15.3. The Hall–Kier alpha value is -2.11. The van der Waals surface area contributed by atoms with Crippen molar-refractivity contribution in [3.8, 4) is 0 Å². The van der Waals surface area contributed by atoms with Gasteiger partial charge in [-0.1, -0.05) is 34.4 Å². The minimum atomic E-state index is -0.799. The fourth-order valence-electron chi connectivity index (χ4n) is 1.47. The van der Waals surface area contributed by atoms with Crippen LogP contribution < -0.4 is 5.73 Å². The molecule has 0 amide bonds. The van der Waals surface area contributed by atoms with Gasteiger partial charge in [-0.25, -0.2) is 9.18 Å². The lowest BCUT2D eigenvalue weighted by Gasteiger charge is -2.03. The molecule has 0 radical (unpaired) electrons. The zero-order chi connectivity index (χ0) is 15.4. The van der Waals surface area contributed by atoms with E-state index in [2.05, 4.69) is 5.16 Å². The number of hydrogen-bond donors (Lipinski definition) is 1. The van der Waals surface area contributed by atoms with Crippen molar-refractivity contribution in [2.24, 2.45) is 10.9 Å². The van der Waals surface area contributed by atoms with Crippen molar-refractivity contribution in [1.82, 2.24) is 0 Å². The average molecular weight is 327 g/mol. The largest absolute Gasteiger partial charge is 0.380 e. The van der Waals surface area contributed by atoms with Crippen molar-refractivity contribution in [1.29, 1.82) is 0 Å². The smallest absolute Gasteiger partial charge is 0.367 e. The standard InChI is InChI=1S/C14H9Cl2FN2O2/c15-11-3-1-2-10(12(11)16)14(20)21-19-13(18)8-4-6-9(17)7-5-8/h1-7H,(H2,18,19). The summed E-state index contributed by atoms with van der Waals surface area (Å²) in [6, 6.07) is 9.79. The van der Waals surface area contributed by atoms with E-state index in [0.29, 0.717) is 5.56 Å². The van der Waals surface area contributed by atoms with Crippen LogP contribution in [0.25, 0.3) is 0 Å². The highest BCUT2D eigenvalue weighted by Gasteiger charge is 2.14. The van der Waals surface area contributed by atoms with Crippen molar-refractivity contribution < 1.29 is 14.0 Å². The predicted octanol–water partition coefficient (Wildman–Crippen LogP) is 3.61. The monoisotopic (exact) mass is 326 g/mol. The van der Waals surface area contributed by atoms with Gasteiger partial charge in [0.25, 0.3) is 0 Å². The number of hydrogen-bond acceptors (Lipinski definition) is 3. The topological polar surface area (TPSA) is 64.7 Å². The minimum Gasteiger partial charge on any atom is -0.380 e. The summed E-state index contributed by atoms with van der Waals surface area (Å²) in [7, 11) is 0. The zero-order valence-corrected chi connectivity index (χ0v) is 12.0. The number of carbonyl (C=O) groups excluding carboxylic acids is 1. The van der Waals surface area contributed by atoms with Crippen molar-refractivity contribution in [3.05, 3.63) is 69.5 Å². The van der Waals surface area contributed by atoms with E-state index >= 15 is 0 Å². The third-order valence-corrected chi connectivity index (χ3v) is 3.36. The van der Waals surface area contributed by atoms with Crippen LogP contribution >= 0.6 is 23.2 Å². The van der Waals surface area contributed by atoms with Crippen LogP contribution in [0, 0.1) is 5.82 Å². The maximum absolute atomic E-state index is 12.8. The first-order valence-electron chi connectivity index (χ1n) is 5.74. The van der Waals surface area contributed by atoms with Crippen LogP contribution in [0.3, 0.4) is 0 Å².